The van der Waals surface area contributed by atoms with Crippen molar-refractivity contribution in [2.75, 3.05) is 24.3 Å². The number of anilines is 2. The Morgan fingerprint density at radius 3 is 2.30 bits per heavy atom. The van der Waals surface area contributed by atoms with Gasteiger partial charge in [-0.25, -0.2) is 4.98 Å². The number of rotatable bonds is 5. The molecule has 1 heterocycles. The number of nitrogens with one attached hydrogen (secondary N) is 2. The lowest BCUT2D eigenvalue weighted by atomic mass is 9.91. The van der Waals surface area contributed by atoms with Gasteiger partial charge >= 0.3 is 0 Å². The first kappa shape index (κ1) is 20.1. The summed E-state index contributed by atoms with van der Waals surface area (Å²) in [6.07, 6.45) is 3.85. The summed E-state index contributed by atoms with van der Waals surface area (Å²) in [6.45, 7) is 2.02. The molecule has 1 aliphatic rings. The van der Waals surface area contributed by atoms with Gasteiger partial charge in [0.25, 0.3) is 5.91 Å². The summed E-state index contributed by atoms with van der Waals surface area (Å²) >= 11 is 0. The van der Waals surface area contributed by atoms with E-state index >= 15 is 0 Å². The molecule has 0 atom stereocenters. The van der Waals surface area contributed by atoms with E-state index in [4.69, 9.17) is 9.97 Å². The van der Waals surface area contributed by atoms with Crippen LogP contribution in [0.5, 0.6) is 0 Å². The first-order chi connectivity index (χ1) is 14.5. The van der Waals surface area contributed by atoms with Gasteiger partial charge in [-0.3, -0.25) is 4.79 Å². The number of benzene rings is 2. The number of fused-ring (bicyclic) bond motifs is 1. The van der Waals surface area contributed by atoms with Gasteiger partial charge in [-0.1, -0.05) is 29.8 Å². The normalized spacial score (nSPS) is 18.8. The highest BCUT2D eigenvalue weighted by Gasteiger charge is 2.23. The van der Waals surface area contributed by atoms with Crippen LogP contribution in [0.15, 0.2) is 48.5 Å². The maximum absolute atomic E-state index is 12.5. The molecule has 156 valence electrons. The third kappa shape index (κ3) is 4.53. The second-order valence-electron chi connectivity index (χ2n) is 8.31. The van der Waals surface area contributed by atoms with E-state index in [1.807, 2.05) is 68.4 Å². The molecule has 0 saturated heterocycles. The Balaban J connectivity index is 1.37. The number of aromatic nitrogens is 2. The van der Waals surface area contributed by atoms with Gasteiger partial charge in [0.1, 0.15) is 5.82 Å². The first-order valence-corrected chi connectivity index (χ1v) is 10.6. The van der Waals surface area contributed by atoms with Gasteiger partial charge in [-0.15, -0.1) is 0 Å². The third-order valence-corrected chi connectivity index (χ3v) is 5.72. The van der Waals surface area contributed by atoms with Crippen molar-refractivity contribution in [3.8, 4) is 0 Å². The van der Waals surface area contributed by atoms with Crippen molar-refractivity contribution in [1.29, 1.82) is 0 Å². The lowest BCUT2D eigenvalue weighted by Crippen LogP contribution is -2.40. The summed E-state index contributed by atoms with van der Waals surface area (Å²) in [6, 6.07) is 16.3. The predicted octanol–water partition coefficient (Wildman–Crippen LogP) is 4.16. The molecule has 1 fully saturated rings. The molecule has 30 heavy (non-hydrogen) atoms. The smallest absolute Gasteiger partial charge is 0.251 e. The number of amides is 1. The molecule has 2 N–H and O–H groups in total. The maximum Gasteiger partial charge on any atom is 0.251 e. The van der Waals surface area contributed by atoms with E-state index < -0.39 is 0 Å². The Morgan fingerprint density at radius 2 is 1.60 bits per heavy atom. The van der Waals surface area contributed by atoms with E-state index in [1.165, 1.54) is 0 Å². The summed E-state index contributed by atoms with van der Waals surface area (Å²) < 4.78 is 0. The summed E-state index contributed by atoms with van der Waals surface area (Å²) in [7, 11) is 4.00. The van der Waals surface area contributed by atoms with E-state index in [0.29, 0.717) is 12.0 Å². The molecule has 0 bridgehead atoms. The molecule has 0 radical (unpaired) electrons. The maximum atomic E-state index is 12.5. The molecule has 2 aromatic carbocycles. The lowest BCUT2D eigenvalue weighted by Gasteiger charge is -2.30. The zero-order valence-corrected chi connectivity index (χ0v) is 17.9. The van der Waals surface area contributed by atoms with Crippen LogP contribution in [0.4, 0.5) is 11.8 Å². The first-order valence-electron chi connectivity index (χ1n) is 10.6. The molecule has 6 nitrogen and oxygen atoms in total. The highest BCUT2D eigenvalue weighted by Crippen LogP contribution is 2.26. The van der Waals surface area contributed by atoms with Gasteiger partial charge < -0.3 is 15.5 Å². The van der Waals surface area contributed by atoms with Crippen LogP contribution < -0.4 is 15.5 Å². The number of para-hydroxylation sites is 1. The van der Waals surface area contributed by atoms with E-state index in [0.717, 1.165) is 53.5 Å². The Bertz CT molecular complexity index is 1020. The molecule has 0 spiro atoms. The minimum Gasteiger partial charge on any atom is -0.362 e. The van der Waals surface area contributed by atoms with Crippen LogP contribution in [0.25, 0.3) is 10.9 Å². The van der Waals surface area contributed by atoms with Crippen LogP contribution >= 0.6 is 0 Å². The van der Waals surface area contributed by atoms with Crippen LogP contribution in [0, 0.1) is 6.92 Å². The third-order valence-electron chi connectivity index (χ3n) is 5.72. The fourth-order valence-corrected chi connectivity index (χ4v) is 4.00. The molecule has 4 rings (SSSR count). The zero-order valence-electron chi connectivity index (χ0n) is 17.9. The van der Waals surface area contributed by atoms with Crippen molar-refractivity contribution in [2.45, 2.75) is 44.7 Å². The topological polar surface area (TPSA) is 70.2 Å². The largest absolute Gasteiger partial charge is 0.362 e. The van der Waals surface area contributed by atoms with E-state index in [1.54, 1.807) is 0 Å². The molecule has 1 saturated carbocycles. The highest BCUT2D eigenvalue weighted by molar-refractivity contribution is 5.94. The molecule has 1 aromatic heterocycles. The Morgan fingerprint density at radius 1 is 0.933 bits per heavy atom. The van der Waals surface area contributed by atoms with Crippen molar-refractivity contribution in [1.82, 2.24) is 15.3 Å². The Kier molecular flexibility index (Phi) is 5.84. The molecular formula is C24H29N5O. The Hall–Kier alpha value is -3.15. The number of hydrogen-bond acceptors (Lipinski definition) is 5. The average Bonchev–Trinajstić information content (AvgIpc) is 2.75. The van der Waals surface area contributed by atoms with Crippen molar-refractivity contribution in [2.24, 2.45) is 0 Å². The van der Waals surface area contributed by atoms with Crippen LogP contribution in [-0.4, -0.2) is 42.1 Å². The average molecular weight is 404 g/mol. The SMILES string of the molecule is Cc1ccc(C(=O)NC2CCC(Nc3nc(N(C)C)c4ccccc4n3)CC2)cc1. The number of carbonyl (C=O) groups is 1. The van der Waals surface area contributed by atoms with Gasteiger partial charge in [0.2, 0.25) is 5.95 Å². The second kappa shape index (κ2) is 8.69. The molecule has 3 aromatic rings. The van der Waals surface area contributed by atoms with Gasteiger partial charge in [-0.05, 0) is 56.9 Å². The quantitative estimate of drug-likeness (QED) is 0.669. The summed E-state index contributed by atoms with van der Waals surface area (Å²) in [5, 5.41) is 7.75. The molecular weight excluding hydrogens is 374 g/mol. The van der Waals surface area contributed by atoms with E-state index in [-0.39, 0.29) is 11.9 Å². The van der Waals surface area contributed by atoms with Crippen molar-refractivity contribution in [3.63, 3.8) is 0 Å². The number of aryl methyl sites for hydroxylation is 1. The van der Waals surface area contributed by atoms with Gasteiger partial charge in [0.05, 0.1) is 5.52 Å². The molecule has 1 aliphatic carbocycles. The zero-order chi connectivity index (χ0) is 21.1. The van der Waals surface area contributed by atoms with Crippen LogP contribution in [0.3, 0.4) is 0 Å². The number of nitrogens with zero attached hydrogens (tertiary/aromatic N) is 3. The van der Waals surface area contributed by atoms with E-state index in [9.17, 15) is 4.79 Å². The van der Waals surface area contributed by atoms with Crippen molar-refractivity contribution < 1.29 is 4.79 Å². The van der Waals surface area contributed by atoms with Crippen LogP contribution in [0.2, 0.25) is 0 Å². The van der Waals surface area contributed by atoms with Gasteiger partial charge in [0.15, 0.2) is 0 Å². The summed E-state index contributed by atoms with van der Waals surface area (Å²) in [5.74, 6) is 1.60. The fourth-order valence-electron chi connectivity index (χ4n) is 4.00. The monoisotopic (exact) mass is 403 g/mol. The molecule has 0 unspecified atom stereocenters. The second-order valence-corrected chi connectivity index (χ2v) is 8.31. The van der Waals surface area contributed by atoms with Gasteiger partial charge in [-0.2, -0.15) is 4.98 Å². The number of carbonyl (C=O) groups excluding carboxylic acids is 1. The van der Waals surface area contributed by atoms with Crippen molar-refractivity contribution >= 4 is 28.6 Å². The standard InChI is InChI=1S/C24H29N5O/c1-16-8-10-17(11-9-16)23(30)25-18-12-14-19(15-13-18)26-24-27-21-7-5-4-6-20(21)22(28-24)29(2)3/h4-11,18-19H,12-15H2,1-3H3,(H,25,30)(H,26,27,28). The lowest BCUT2D eigenvalue weighted by molar-refractivity contribution is 0.0926. The highest BCUT2D eigenvalue weighted by atomic mass is 16.1. The summed E-state index contributed by atoms with van der Waals surface area (Å²) in [5.41, 5.74) is 2.82. The van der Waals surface area contributed by atoms with E-state index in [2.05, 4.69) is 16.7 Å². The number of hydrogen-bond donors (Lipinski definition) is 2. The molecule has 1 amide bonds. The Labute approximate surface area is 177 Å². The fraction of sp³-hybridized carbons (Fsp3) is 0.375. The summed E-state index contributed by atoms with van der Waals surface area (Å²) in [4.78, 5) is 23.9. The minimum atomic E-state index is 0.0138. The minimum absolute atomic E-state index is 0.0138. The van der Waals surface area contributed by atoms with Crippen molar-refractivity contribution in [3.05, 3.63) is 59.7 Å². The van der Waals surface area contributed by atoms with Gasteiger partial charge in [0, 0.05) is 37.1 Å². The predicted molar refractivity (Wildman–Crippen MR) is 122 cm³/mol. The molecule has 6 heteroatoms. The van der Waals surface area contributed by atoms with Crippen LogP contribution in [-0.2, 0) is 0 Å². The molecule has 0 aliphatic heterocycles. The van der Waals surface area contributed by atoms with Crippen LogP contribution in [0.1, 0.15) is 41.6 Å².